The van der Waals surface area contributed by atoms with Gasteiger partial charge in [0.1, 0.15) is 12.3 Å². The van der Waals surface area contributed by atoms with Crippen LogP contribution in [-0.2, 0) is 4.79 Å². The molecule has 0 aromatic heterocycles. The van der Waals surface area contributed by atoms with E-state index in [1.807, 2.05) is 19.1 Å². The normalized spacial score (nSPS) is 10.5. The minimum atomic E-state index is -1.05. The van der Waals surface area contributed by atoms with Crippen LogP contribution in [0.15, 0.2) is 28.7 Å². The minimum absolute atomic E-state index is 0.329. The van der Waals surface area contributed by atoms with Crippen LogP contribution in [-0.4, -0.2) is 42.6 Å². The van der Waals surface area contributed by atoms with Crippen molar-refractivity contribution >= 4 is 38.6 Å². The van der Waals surface area contributed by atoms with E-state index in [1.54, 1.807) is 19.2 Å². The summed E-state index contributed by atoms with van der Waals surface area (Å²) in [6.07, 6.45) is 0. The van der Waals surface area contributed by atoms with Gasteiger partial charge in [-0.1, -0.05) is 12.1 Å². The summed E-state index contributed by atoms with van der Waals surface area (Å²) in [5, 5.41) is 10.4. The van der Waals surface area contributed by atoms with Gasteiger partial charge in [-0.2, -0.15) is 0 Å². The number of carboxylic acids is 1. The minimum Gasteiger partial charge on any atom is -0.495 e. The second kappa shape index (κ2) is 6.36. The van der Waals surface area contributed by atoms with E-state index in [0.29, 0.717) is 5.56 Å². The Labute approximate surface area is 136 Å². The summed E-state index contributed by atoms with van der Waals surface area (Å²) < 4.78 is 6.14. The quantitative estimate of drug-likeness (QED) is 0.903. The highest BCUT2D eigenvalue weighted by molar-refractivity contribution is 9.10. The molecule has 0 saturated heterocycles. The number of halogens is 1. The summed E-state index contributed by atoms with van der Waals surface area (Å²) in [5.41, 5.74) is 1.36. The SMILES string of the molecule is COc1c(C)cc2c(C(=O)N(C)CC(=O)O)cccc2c1Br. The molecule has 0 fully saturated rings. The number of amides is 1. The molecule has 5 nitrogen and oxygen atoms in total. The topological polar surface area (TPSA) is 66.8 Å². The number of fused-ring (bicyclic) bond motifs is 1. The second-order valence-electron chi connectivity index (χ2n) is 5.00. The van der Waals surface area contributed by atoms with E-state index >= 15 is 0 Å². The van der Waals surface area contributed by atoms with Crippen molar-refractivity contribution in [2.45, 2.75) is 6.92 Å². The van der Waals surface area contributed by atoms with Crippen molar-refractivity contribution in [3.05, 3.63) is 39.9 Å². The fourth-order valence-electron chi connectivity index (χ4n) is 2.41. The average molecular weight is 366 g/mol. The third-order valence-electron chi connectivity index (χ3n) is 3.41. The predicted molar refractivity (Wildman–Crippen MR) is 87.5 cm³/mol. The number of ether oxygens (including phenoxy) is 1. The number of hydrogen-bond donors (Lipinski definition) is 1. The maximum absolute atomic E-state index is 12.5. The van der Waals surface area contributed by atoms with Crippen LogP contribution in [0.2, 0.25) is 0 Å². The van der Waals surface area contributed by atoms with E-state index in [4.69, 9.17) is 9.84 Å². The smallest absolute Gasteiger partial charge is 0.323 e. The highest BCUT2D eigenvalue weighted by Gasteiger charge is 2.19. The first-order chi connectivity index (χ1) is 10.4. The lowest BCUT2D eigenvalue weighted by Gasteiger charge is -2.17. The third kappa shape index (κ3) is 2.92. The van der Waals surface area contributed by atoms with E-state index < -0.39 is 5.97 Å². The van der Waals surface area contributed by atoms with Crippen LogP contribution in [0.3, 0.4) is 0 Å². The lowest BCUT2D eigenvalue weighted by Crippen LogP contribution is -2.32. The predicted octanol–water partition coefficient (Wildman–Crippen LogP) is 3.08. The van der Waals surface area contributed by atoms with Gasteiger partial charge in [-0.3, -0.25) is 9.59 Å². The molecular weight excluding hydrogens is 350 g/mol. The number of rotatable bonds is 4. The molecular formula is C16H16BrNO4. The number of aliphatic carboxylic acids is 1. The molecule has 116 valence electrons. The maximum Gasteiger partial charge on any atom is 0.323 e. The number of benzene rings is 2. The first-order valence-corrected chi connectivity index (χ1v) is 7.39. The number of aryl methyl sites for hydroxylation is 1. The van der Waals surface area contributed by atoms with Gasteiger partial charge < -0.3 is 14.7 Å². The standard InChI is InChI=1S/C16H16BrNO4/c1-9-7-12-10(14(17)15(9)22-3)5-4-6-11(12)16(21)18(2)8-13(19)20/h4-7H,8H2,1-3H3,(H,19,20). The van der Waals surface area contributed by atoms with Crippen LogP contribution in [0.1, 0.15) is 15.9 Å². The van der Waals surface area contributed by atoms with Crippen LogP contribution < -0.4 is 4.74 Å². The molecule has 2 rings (SSSR count). The largest absolute Gasteiger partial charge is 0.495 e. The Morgan fingerprint density at radius 2 is 2.00 bits per heavy atom. The van der Waals surface area contributed by atoms with Gasteiger partial charge in [-0.25, -0.2) is 0 Å². The van der Waals surface area contributed by atoms with Crippen molar-refractivity contribution in [3.63, 3.8) is 0 Å². The van der Waals surface area contributed by atoms with E-state index in [2.05, 4.69) is 15.9 Å². The van der Waals surface area contributed by atoms with Crippen LogP contribution in [0.4, 0.5) is 0 Å². The molecule has 0 bridgehead atoms. The van der Waals surface area contributed by atoms with E-state index in [0.717, 1.165) is 26.6 Å². The Hall–Kier alpha value is -2.08. The molecule has 6 heteroatoms. The van der Waals surface area contributed by atoms with Crippen LogP contribution >= 0.6 is 15.9 Å². The van der Waals surface area contributed by atoms with Crippen LogP contribution in [0.25, 0.3) is 10.8 Å². The number of likely N-dealkylation sites (N-methyl/N-ethyl adjacent to an activating group) is 1. The summed E-state index contributed by atoms with van der Waals surface area (Å²) in [6.45, 7) is 1.55. The van der Waals surface area contributed by atoms with Crippen molar-refractivity contribution in [1.82, 2.24) is 4.90 Å². The molecule has 22 heavy (non-hydrogen) atoms. The molecule has 0 aliphatic carbocycles. The fourth-order valence-corrected chi connectivity index (χ4v) is 3.23. The number of methoxy groups -OCH3 is 1. The van der Waals surface area contributed by atoms with E-state index in [1.165, 1.54) is 11.9 Å². The van der Waals surface area contributed by atoms with Gasteiger partial charge in [0.2, 0.25) is 0 Å². The van der Waals surface area contributed by atoms with Crippen LogP contribution in [0.5, 0.6) is 5.75 Å². The molecule has 1 N–H and O–H groups in total. The number of hydrogen-bond acceptors (Lipinski definition) is 3. The molecule has 0 aliphatic heterocycles. The number of carbonyl (C=O) groups is 2. The number of carbonyl (C=O) groups excluding carboxylic acids is 1. The van der Waals surface area contributed by atoms with E-state index in [9.17, 15) is 9.59 Å². The van der Waals surface area contributed by atoms with Gasteiger partial charge in [0.15, 0.2) is 0 Å². The maximum atomic E-state index is 12.5. The first kappa shape index (κ1) is 16.3. The monoisotopic (exact) mass is 365 g/mol. The van der Waals surface area contributed by atoms with Crippen molar-refractivity contribution in [2.24, 2.45) is 0 Å². The molecule has 0 spiro atoms. The molecule has 0 saturated carbocycles. The highest BCUT2D eigenvalue weighted by Crippen LogP contribution is 2.37. The van der Waals surface area contributed by atoms with E-state index in [-0.39, 0.29) is 12.5 Å². The molecule has 0 radical (unpaired) electrons. The number of nitrogens with zero attached hydrogens (tertiary/aromatic N) is 1. The van der Waals surface area contributed by atoms with Gasteiger partial charge in [-0.15, -0.1) is 0 Å². The summed E-state index contributed by atoms with van der Waals surface area (Å²) in [6, 6.07) is 7.22. The Kier molecular flexibility index (Phi) is 4.71. The molecule has 0 atom stereocenters. The lowest BCUT2D eigenvalue weighted by molar-refractivity contribution is -0.137. The first-order valence-electron chi connectivity index (χ1n) is 6.60. The Bertz CT molecular complexity index is 757. The molecule has 2 aromatic carbocycles. The van der Waals surface area contributed by atoms with Crippen molar-refractivity contribution in [1.29, 1.82) is 0 Å². The van der Waals surface area contributed by atoms with Crippen molar-refractivity contribution in [3.8, 4) is 5.75 Å². The zero-order chi connectivity index (χ0) is 16.4. The summed E-state index contributed by atoms with van der Waals surface area (Å²) in [4.78, 5) is 24.5. The lowest BCUT2D eigenvalue weighted by atomic mass is 10.0. The number of carboxylic acid groups (broad SMARTS) is 1. The van der Waals surface area contributed by atoms with Gasteiger partial charge in [0.05, 0.1) is 11.6 Å². The highest BCUT2D eigenvalue weighted by atomic mass is 79.9. The Balaban J connectivity index is 2.61. The van der Waals surface area contributed by atoms with Crippen LogP contribution in [0, 0.1) is 6.92 Å². The Morgan fingerprint density at radius 1 is 1.32 bits per heavy atom. The molecule has 0 unspecified atom stereocenters. The molecule has 0 aliphatic rings. The molecule has 1 amide bonds. The molecule has 2 aromatic rings. The van der Waals surface area contributed by atoms with Gasteiger partial charge in [0, 0.05) is 18.0 Å². The zero-order valence-electron chi connectivity index (χ0n) is 12.5. The van der Waals surface area contributed by atoms with Crippen molar-refractivity contribution < 1.29 is 19.4 Å². The fraction of sp³-hybridized carbons (Fsp3) is 0.250. The van der Waals surface area contributed by atoms with Gasteiger partial charge in [-0.05, 0) is 45.9 Å². The van der Waals surface area contributed by atoms with Crippen molar-refractivity contribution in [2.75, 3.05) is 20.7 Å². The molecule has 0 heterocycles. The average Bonchev–Trinajstić information content (AvgIpc) is 2.45. The summed E-state index contributed by atoms with van der Waals surface area (Å²) >= 11 is 3.51. The Morgan fingerprint density at radius 3 is 2.59 bits per heavy atom. The van der Waals surface area contributed by atoms with Gasteiger partial charge in [0.25, 0.3) is 5.91 Å². The third-order valence-corrected chi connectivity index (χ3v) is 4.20. The summed E-state index contributed by atoms with van der Waals surface area (Å²) in [5.74, 6) is -0.657. The second-order valence-corrected chi connectivity index (χ2v) is 5.79. The zero-order valence-corrected chi connectivity index (χ0v) is 14.1. The summed E-state index contributed by atoms with van der Waals surface area (Å²) in [7, 11) is 3.06. The van der Waals surface area contributed by atoms with Gasteiger partial charge >= 0.3 is 5.97 Å².